The molecule has 6 nitrogen and oxygen atoms in total. The van der Waals surface area contributed by atoms with Gasteiger partial charge >= 0.3 is 0 Å². The zero-order chi connectivity index (χ0) is 17.8. The molecule has 1 saturated heterocycles. The van der Waals surface area contributed by atoms with Crippen LogP contribution in [-0.4, -0.2) is 35.4 Å². The zero-order valence-corrected chi connectivity index (χ0v) is 15.5. The van der Waals surface area contributed by atoms with Gasteiger partial charge in [-0.3, -0.25) is 4.79 Å². The Morgan fingerprint density at radius 2 is 1.89 bits per heavy atom. The summed E-state index contributed by atoms with van der Waals surface area (Å²) < 4.78 is 7.42. The van der Waals surface area contributed by atoms with Gasteiger partial charge in [-0.05, 0) is 35.9 Å². The summed E-state index contributed by atoms with van der Waals surface area (Å²) in [4.78, 5) is 12.4. The maximum Gasteiger partial charge on any atom is 0.276 e. The van der Waals surface area contributed by atoms with Crippen molar-refractivity contribution in [3.63, 3.8) is 0 Å². The first-order chi connectivity index (χ1) is 12.8. The second-order valence-corrected chi connectivity index (χ2v) is 6.12. The summed E-state index contributed by atoms with van der Waals surface area (Å²) in [7, 11) is 0. The van der Waals surface area contributed by atoms with Gasteiger partial charge in [0.1, 0.15) is 0 Å². The molecule has 1 amide bonds. The lowest BCUT2D eigenvalue weighted by molar-refractivity contribution is 0.0277. The molecule has 1 aliphatic rings. The summed E-state index contributed by atoms with van der Waals surface area (Å²) in [6.07, 6.45) is 1.84. The highest BCUT2D eigenvalue weighted by Gasteiger charge is 2.16. The van der Waals surface area contributed by atoms with Gasteiger partial charge < -0.3 is 15.4 Å². The summed E-state index contributed by atoms with van der Waals surface area (Å²) in [5.74, 6) is -0.233. The molecule has 0 radical (unpaired) electrons. The largest absolute Gasteiger partial charge is 0.371 e. The Bertz CT molecular complexity index is 875. The maximum atomic E-state index is 12.4. The van der Waals surface area contributed by atoms with E-state index in [9.17, 15) is 4.79 Å². The van der Waals surface area contributed by atoms with Crippen molar-refractivity contribution in [2.24, 2.45) is 0 Å². The molecular formula is C20H21ClN4O2. The minimum Gasteiger partial charge on any atom is -0.371 e. The Balaban J connectivity index is 0.00000210. The third kappa shape index (κ3) is 4.54. The Hall–Kier alpha value is -2.67. The van der Waals surface area contributed by atoms with E-state index < -0.39 is 0 Å². The number of hydrogen-bond donors (Lipinski definition) is 2. The first-order valence-corrected chi connectivity index (χ1v) is 8.64. The lowest BCUT2D eigenvalue weighted by atomic mass is 10.1. The Kier molecular flexibility index (Phi) is 6.24. The summed E-state index contributed by atoms with van der Waals surface area (Å²) in [6.45, 7) is 2.41. The van der Waals surface area contributed by atoms with E-state index in [2.05, 4.69) is 15.7 Å². The molecule has 4 rings (SSSR count). The molecule has 2 N–H and O–H groups in total. The van der Waals surface area contributed by atoms with Crippen molar-refractivity contribution in [3.05, 3.63) is 78.1 Å². The standard InChI is InChI=1S/C20H20N4O2.ClH/c25-20(18-10-12-24(23-18)17-4-2-1-3-5-17)22-16-8-6-15(7-9-16)19-14-21-11-13-26-19;/h1-10,12,19,21H,11,13-14H2,(H,22,25);1H. The number of hydrogen-bond acceptors (Lipinski definition) is 4. The summed E-state index contributed by atoms with van der Waals surface area (Å²) >= 11 is 0. The van der Waals surface area contributed by atoms with Crippen LogP contribution >= 0.6 is 12.4 Å². The minimum atomic E-state index is -0.233. The molecule has 0 bridgehead atoms. The van der Waals surface area contributed by atoms with E-state index in [4.69, 9.17) is 4.74 Å². The fourth-order valence-corrected chi connectivity index (χ4v) is 2.93. The molecule has 0 aliphatic carbocycles. The third-order valence-electron chi connectivity index (χ3n) is 4.31. The summed E-state index contributed by atoms with van der Waals surface area (Å²) in [5.41, 5.74) is 3.12. The lowest BCUT2D eigenvalue weighted by Gasteiger charge is -2.24. The van der Waals surface area contributed by atoms with Crippen LogP contribution in [0.15, 0.2) is 66.9 Å². The summed E-state index contributed by atoms with van der Waals surface area (Å²) in [5, 5.41) is 10.5. The minimum absolute atomic E-state index is 0. The molecule has 3 aromatic rings. The van der Waals surface area contributed by atoms with Crippen LogP contribution in [0.3, 0.4) is 0 Å². The number of carbonyl (C=O) groups excluding carboxylic acids is 1. The molecular weight excluding hydrogens is 364 g/mol. The van der Waals surface area contributed by atoms with Crippen LogP contribution in [0.1, 0.15) is 22.2 Å². The number of aromatic nitrogens is 2. The highest BCUT2D eigenvalue weighted by molar-refractivity contribution is 6.02. The van der Waals surface area contributed by atoms with Gasteiger partial charge in [-0.15, -0.1) is 12.4 Å². The molecule has 0 spiro atoms. The average molecular weight is 385 g/mol. The van der Waals surface area contributed by atoms with E-state index in [0.717, 1.165) is 30.0 Å². The molecule has 2 aromatic carbocycles. The SMILES string of the molecule is Cl.O=C(Nc1ccc(C2CNCCO2)cc1)c1ccn(-c2ccccc2)n1. The third-order valence-corrected chi connectivity index (χ3v) is 4.31. The van der Waals surface area contributed by atoms with Crippen LogP contribution in [0.5, 0.6) is 0 Å². The van der Waals surface area contributed by atoms with E-state index in [-0.39, 0.29) is 24.4 Å². The van der Waals surface area contributed by atoms with Crippen molar-refractivity contribution in [3.8, 4) is 5.69 Å². The number of benzene rings is 2. The van der Waals surface area contributed by atoms with Gasteiger partial charge in [0, 0.05) is 25.0 Å². The van der Waals surface area contributed by atoms with Gasteiger partial charge in [0.25, 0.3) is 5.91 Å². The predicted molar refractivity (Wildman–Crippen MR) is 107 cm³/mol. The second kappa shape index (κ2) is 8.81. The van der Waals surface area contributed by atoms with Crippen molar-refractivity contribution in [2.75, 3.05) is 25.0 Å². The van der Waals surface area contributed by atoms with E-state index in [1.54, 1.807) is 16.9 Å². The van der Waals surface area contributed by atoms with Crippen molar-refractivity contribution in [1.29, 1.82) is 0 Å². The van der Waals surface area contributed by atoms with Crippen molar-refractivity contribution >= 4 is 24.0 Å². The maximum absolute atomic E-state index is 12.4. The number of ether oxygens (including phenoxy) is 1. The van der Waals surface area contributed by atoms with Gasteiger partial charge in [-0.25, -0.2) is 4.68 Å². The fourth-order valence-electron chi connectivity index (χ4n) is 2.93. The molecule has 1 fully saturated rings. The Labute approximate surface area is 163 Å². The Morgan fingerprint density at radius 3 is 2.59 bits per heavy atom. The van der Waals surface area contributed by atoms with Crippen molar-refractivity contribution in [1.82, 2.24) is 15.1 Å². The topological polar surface area (TPSA) is 68.2 Å². The quantitative estimate of drug-likeness (QED) is 0.724. The number of nitrogens with one attached hydrogen (secondary N) is 2. The number of rotatable bonds is 4. The van der Waals surface area contributed by atoms with Crippen LogP contribution < -0.4 is 10.6 Å². The Morgan fingerprint density at radius 1 is 1.11 bits per heavy atom. The van der Waals surface area contributed by atoms with Crippen molar-refractivity contribution < 1.29 is 9.53 Å². The fraction of sp³-hybridized carbons (Fsp3) is 0.200. The predicted octanol–water partition coefficient (Wildman–Crippen LogP) is 3.21. The molecule has 1 aliphatic heterocycles. The van der Waals surface area contributed by atoms with E-state index in [0.29, 0.717) is 12.3 Å². The molecule has 27 heavy (non-hydrogen) atoms. The molecule has 1 aromatic heterocycles. The lowest BCUT2D eigenvalue weighted by Crippen LogP contribution is -2.33. The number of carbonyl (C=O) groups is 1. The molecule has 2 heterocycles. The molecule has 1 atom stereocenters. The normalized spacial score (nSPS) is 16.4. The van der Waals surface area contributed by atoms with Crippen LogP contribution in [0.4, 0.5) is 5.69 Å². The van der Waals surface area contributed by atoms with E-state index in [1.165, 1.54) is 0 Å². The number of anilines is 1. The van der Waals surface area contributed by atoms with Gasteiger partial charge in [0.2, 0.25) is 0 Å². The number of morpholine rings is 1. The van der Waals surface area contributed by atoms with Gasteiger partial charge in [-0.1, -0.05) is 30.3 Å². The van der Waals surface area contributed by atoms with Crippen LogP contribution in [0, 0.1) is 0 Å². The molecule has 140 valence electrons. The first-order valence-electron chi connectivity index (χ1n) is 8.64. The van der Waals surface area contributed by atoms with Crippen molar-refractivity contribution in [2.45, 2.75) is 6.10 Å². The number of para-hydroxylation sites is 1. The smallest absolute Gasteiger partial charge is 0.276 e. The molecule has 7 heteroatoms. The van der Waals surface area contributed by atoms with Gasteiger partial charge in [0.05, 0.1) is 18.4 Å². The van der Waals surface area contributed by atoms with Gasteiger partial charge in [0.15, 0.2) is 5.69 Å². The second-order valence-electron chi connectivity index (χ2n) is 6.12. The van der Waals surface area contributed by atoms with E-state index in [1.807, 2.05) is 54.6 Å². The van der Waals surface area contributed by atoms with Crippen LogP contribution in [0.2, 0.25) is 0 Å². The van der Waals surface area contributed by atoms with Gasteiger partial charge in [-0.2, -0.15) is 5.10 Å². The highest BCUT2D eigenvalue weighted by atomic mass is 35.5. The average Bonchev–Trinajstić information content (AvgIpc) is 3.20. The molecule has 1 unspecified atom stereocenters. The van der Waals surface area contributed by atoms with E-state index >= 15 is 0 Å². The summed E-state index contributed by atoms with van der Waals surface area (Å²) in [6, 6.07) is 19.1. The monoisotopic (exact) mass is 384 g/mol. The first kappa shape index (κ1) is 19.1. The van der Waals surface area contributed by atoms with Crippen LogP contribution in [0.25, 0.3) is 5.69 Å². The molecule has 0 saturated carbocycles. The zero-order valence-electron chi connectivity index (χ0n) is 14.7. The highest BCUT2D eigenvalue weighted by Crippen LogP contribution is 2.21. The van der Waals surface area contributed by atoms with Crippen LogP contribution in [-0.2, 0) is 4.74 Å². The number of nitrogens with zero attached hydrogens (tertiary/aromatic N) is 2. The number of amides is 1. The number of halogens is 1.